The van der Waals surface area contributed by atoms with E-state index in [9.17, 15) is 18.0 Å². The van der Waals surface area contributed by atoms with Gasteiger partial charge >= 0.3 is 12.2 Å². The number of amides is 2. The fourth-order valence-corrected chi connectivity index (χ4v) is 3.28. The predicted octanol–water partition coefficient (Wildman–Crippen LogP) is 5.92. The van der Waals surface area contributed by atoms with Gasteiger partial charge < -0.3 is 16.4 Å². The summed E-state index contributed by atoms with van der Waals surface area (Å²) >= 11 is 5.59. The van der Waals surface area contributed by atoms with E-state index in [1.807, 2.05) is 10.6 Å². The van der Waals surface area contributed by atoms with E-state index >= 15 is 0 Å². The molecule has 0 fully saturated rings. The van der Waals surface area contributed by atoms with Gasteiger partial charge in [-0.2, -0.15) is 13.2 Å². The van der Waals surface area contributed by atoms with Crippen molar-refractivity contribution >= 4 is 45.7 Å². The fraction of sp³-hybridized carbons (Fsp3) is 0.0476. The van der Waals surface area contributed by atoms with Crippen LogP contribution in [0.3, 0.4) is 0 Å². The normalized spacial score (nSPS) is 11.5. The molecule has 0 radical (unpaired) electrons. The number of halogens is 4. The Bertz CT molecular complexity index is 1270. The molecule has 158 valence electrons. The third kappa shape index (κ3) is 4.41. The third-order valence-electron chi connectivity index (χ3n) is 4.50. The molecule has 31 heavy (non-hydrogen) atoms. The molecule has 0 spiro atoms. The monoisotopic (exact) mass is 445 g/mol. The molecule has 10 heteroatoms. The lowest BCUT2D eigenvalue weighted by Gasteiger charge is -2.12. The maximum absolute atomic E-state index is 13.0. The second kappa shape index (κ2) is 7.84. The van der Waals surface area contributed by atoms with Crippen molar-refractivity contribution in [1.29, 1.82) is 0 Å². The Morgan fingerprint density at radius 1 is 0.968 bits per heavy atom. The maximum Gasteiger partial charge on any atom is 0.417 e. The number of benzene rings is 3. The number of nitrogens with two attached hydrogens (primary N) is 1. The first kappa shape index (κ1) is 20.5. The molecular weight excluding hydrogens is 431 g/mol. The summed E-state index contributed by atoms with van der Waals surface area (Å²) in [6, 6.07) is 14.8. The highest BCUT2D eigenvalue weighted by molar-refractivity contribution is 6.31. The van der Waals surface area contributed by atoms with E-state index in [1.165, 1.54) is 6.07 Å². The average Bonchev–Trinajstić information content (AvgIpc) is 3.12. The summed E-state index contributed by atoms with van der Waals surface area (Å²) in [5, 5.41) is 4.50. The number of nitrogens with one attached hydrogen (secondary N) is 2. The van der Waals surface area contributed by atoms with Crippen LogP contribution in [0, 0.1) is 0 Å². The van der Waals surface area contributed by atoms with E-state index in [0.717, 1.165) is 28.9 Å². The van der Waals surface area contributed by atoms with Crippen LogP contribution < -0.4 is 16.4 Å². The van der Waals surface area contributed by atoms with Gasteiger partial charge in [0.05, 0.1) is 21.6 Å². The van der Waals surface area contributed by atoms with E-state index in [2.05, 4.69) is 15.6 Å². The minimum Gasteiger partial charge on any atom is -0.399 e. The number of aromatic nitrogens is 2. The molecule has 6 nitrogen and oxygen atoms in total. The molecule has 4 rings (SSSR count). The number of anilines is 3. The number of carbonyl (C=O) groups is 1. The molecule has 0 saturated carbocycles. The number of nitrogen functional groups attached to an aromatic ring is 1. The van der Waals surface area contributed by atoms with Gasteiger partial charge in [-0.1, -0.05) is 11.6 Å². The van der Waals surface area contributed by atoms with Crippen molar-refractivity contribution in [2.75, 3.05) is 16.4 Å². The Hall–Kier alpha value is -3.72. The van der Waals surface area contributed by atoms with Crippen LogP contribution in [-0.4, -0.2) is 15.6 Å². The van der Waals surface area contributed by atoms with Crippen LogP contribution in [0.25, 0.3) is 16.7 Å². The molecular formula is C21H15ClF3N5O. The van der Waals surface area contributed by atoms with Gasteiger partial charge in [0.2, 0.25) is 0 Å². The van der Waals surface area contributed by atoms with Crippen molar-refractivity contribution in [3.05, 3.63) is 77.6 Å². The van der Waals surface area contributed by atoms with Gasteiger partial charge in [-0.15, -0.1) is 0 Å². The number of hydrogen-bond acceptors (Lipinski definition) is 3. The lowest BCUT2D eigenvalue weighted by molar-refractivity contribution is -0.137. The first-order valence-electron chi connectivity index (χ1n) is 8.98. The molecule has 0 atom stereocenters. The molecule has 1 heterocycles. The van der Waals surface area contributed by atoms with E-state index in [0.29, 0.717) is 11.4 Å². The van der Waals surface area contributed by atoms with Crippen LogP contribution in [0.5, 0.6) is 0 Å². The Morgan fingerprint density at radius 3 is 2.35 bits per heavy atom. The zero-order valence-corrected chi connectivity index (χ0v) is 16.5. The summed E-state index contributed by atoms with van der Waals surface area (Å²) < 4.78 is 40.7. The Balaban J connectivity index is 1.47. The number of nitrogens with zero attached hydrogens (tertiary/aromatic N) is 2. The number of carbonyl (C=O) groups excluding carboxylic acids is 1. The average molecular weight is 446 g/mol. The van der Waals surface area contributed by atoms with Crippen molar-refractivity contribution in [3.8, 4) is 5.69 Å². The minimum atomic E-state index is -4.62. The molecule has 0 aliphatic heterocycles. The number of rotatable bonds is 3. The topological polar surface area (TPSA) is 85.0 Å². The van der Waals surface area contributed by atoms with Gasteiger partial charge in [0.1, 0.15) is 6.33 Å². The molecule has 0 saturated heterocycles. The van der Waals surface area contributed by atoms with Crippen molar-refractivity contribution in [2.24, 2.45) is 0 Å². The van der Waals surface area contributed by atoms with Crippen LogP contribution in [-0.2, 0) is 6.18 Å². The lowest BCUT2D eigenvalue weighted by atomic mass is 10.2. The number of imidazole rings is 1. The Labute approximate surface area is 179 Å². The first-order valence-corrected chi connectivity index (χ1v) is 9.36. The summed E-state index contributed by atoms with van der Waals surface area (Å²) in [6.07, 6.45) is -2.96. The third-order valence-corrected chi connectivity index (χ3v) is 4.83. The first-order chi connectivity index (χ1) is 14.7. The van der Waals surface area contributed by atoms with Crippen LogP contribution >= 0.6 is 11.6 Å². The zero-order valence-electron chi connectivity index (χ0n) is 15.7. The SMILES string of the molecule is Nc1ccc2c(c1)ncn2-c1ccc(NC(=O)Nc2ccc(Cl)c(C(F)(F)F)c2)cc1. The zero-order chi connectivity index (χ0) is 22.2. The van der Waals surface area contributed by atoms with E-state index in [1.54, 1.807) is 42.7 Å². The van der Waals surface area contributed by atoms with E-state index in [4.69, 9.17) is 17.3 Å². The second-order valence-electron chi connectivity index (χ2n) is 6.68. The molecule has 4 aromatic rings. The van der Waals surface area contributed by atoms with Crippen molar-refractivity contribution in [1.82, 2.24) is 9.55 Å². The largest absolute Gasteiger partial charge is 0.417 e. The summed E-state index contributed by atoms with van der Waals surface area (Å²) in [6.45, 7) is 0. The maximum atomic E-state index is 13.0. The minimum absolute atomic E-state index is 0.0324. The fourth-order valence-electron chi connectivity index (χ4n) is 3.05. The molecule has 0 bridgehead atoms. The number of alkyl halides is 3. The summed E-state index contributed by atoms with van der Waals surface area (Å²) in [5.41, 5.74) is 8.23. The van der Waals surface area contributed by atoms with Crippen LogP contribution in [0.4, 0.5) is 35.0 Å². The van der Waals surface area contributed by atoms with Crippen LogP contribution in [0.15, 0.2) is 67.0 Å². The van der Waals surface area contributed by atoms with Gasteiger partial charge in [-0.05, 0) is 60.7 Å². The quantitative estimate of drug-likeness (QED) is 0.342. The molecule has 4 N–H and O–H groups in total. The summed E-state index contributed by atoms with van der Waals surface area (Å²) in [4.78, 5) is 16.5. The number of urea groups is 1. The lowest BCUT2D eigenvalue weighted by Crippen LogP contribution is -2.20. The van der Waals surface area contributed by atoms with Gasteiger partial charge in [0.25, 0.3) is 0 Å². The van der Waals surface area contributed by atoms with Crippen molar-refractivity contribution in [3.63, 3.8) is 0 Å². The molecule has 3 aromatic carbocycles. The predicted molar refractivity (Wildman–Crippen MR) is 115 cm³/mol. The standard InChI is InChI=1S/C21H15ClF3N5O/c22-17-7-4-14(10-16(17)21(23,24)25)29-20(31)28-13-2-5-15(6-3-13)30-11-27-18-9-12(26)1-8-19(18)30/h1-11H,26H2,(H2,28,29,31). The highest BCUT2D eigenvalue weighted by Gasteiger charge is 2.33. The summed E-state index contributed by atoms with van der Waals surface area (Å²) in [5.74, 6) is 0. The molecule has 0 aliphatic carbocycles. The van der Waals surface area contributed by atoms with Gasteiger partial charge in [-0.25, -0.2) is 9.78 Å². The van der Waals surface area contributed by atoms with E-state index < -0.39 is 22.8 Å². The Morgan fingerprint density at radius 2 is 1.65 bits per heavy atom. The van der Waals surface area contributed by atoms with Crippen molar-refractivity contribution in [2.45, 2.75) is 6.18 Å². The summed E-state index contributed by atoms with van der Waals surface area (Å²) in [7, 11) is 0. The number of fused-ring (bicyclic) bond motifs is 1. The van der Waals surface area contributed by atoms with Crippen LogP contribution in [0.2, 0.25) is 5.02 Å². The molecule has 0 unspecified atom stereocenters. The highest BCUT2D eigenvalue weighted by atomic mass is 35.5. The van der Waals surface area contributed by atoms with Gasteiger partial charge in [-0.3, -0.25) is 4.57 Å². The molecule has 2 amide bonds. The number of hydrogen-bond donors (Lipinski definition) is 3. The van der Waals surface area contributed by atoms with Gasteiger partial charge in [0, 0.05) is 22.7 Å². The highest BCUT2D eigenvalue weighted by Crippen LogP contribution is 2.36. The van der Waals surface area contributed by atoms with Gasteiger partial charge in [0.15, 0.2) is 0 Å². The smallest absolute Gasteiger partial charge is 0.399 e. The Kier molecular flexibility index (Phi) is 5.20. The second-order valence-corrected chi connectivity index (χ2v) is 7.09. The van der Waals surface area contributed by atoms with Crippen LogP contribution in [0.1, 0.15) is 5.56 Å². The molecule has 0 aliphatic rings. The van der Waals surface area contributed by atoms with E-state index in [-0.39, 0.29) is 5.69 Å². The molecule has 1 aromatic heterocycles. The van der Waals surface area contributed by atoms with Crippen molar-refractivity contribution < 1.29 is 18.0 Å².